The third-order valence-corrected chi connectivity index (χ3v) is 3.35. The first-order chi connectivity index (χ1) is 7.04. The summed E-state index contributed by atoms with van der Waals surface area (Å²) in [4.78, 5) is 10.5. The predicted molar refractivity (Wildman–Crippen MR) is 64.4 cm³/mol. The highest BCUT2D eigenvalue weighted by Crippen LogP contribution is 2.31. The van der Waals surface area contributed by atoms with Gasteiger partial charge in [-0.2, -0.15) is 0 Å². The zero-order valence-corrected chi connectivity index (χ0v) is 11.3. The van der Waals surface area contributed by atoms with Crippen molar-refractivity contribution in [1.82, 2.24) is 0 Å². The van der Waals surface area contributed by atoms with Gasteiger partial charge in [0.15, 0.2) is 0 Å². The lowest BCUT2D eigenvalue weighted by Crippen LogP contribution is -1.99. The second-order valence-corrected chi connectivity index (χ2v) is 4.67. The predicted octanol–water partition coefficient (Wildman–Crippen LogP) is 3.24. The lowest BCUT2D eigenvalue weighted by Gasteiger charge is -2.08. The van der Waals surface area contributed by atoms with Crippen LogP contribution in [0.1, 0.15) is 12.0 Å². The van der Waals surface area contributed by atoms with Crippen molar-refractivity contribution in [3.05, 3.63) is 26.6 Å². The van der Waals surface area contributed by atoms with Crippen LogP contribution in [0.3, 0.4) is 0 Å². The van der Waals surface area contributed by atoms with Crippen molar-refractivity contribution in [2.45, 2.75) is 12.8 Å². The molecule has 0 fully saturated rings. The van der Waals surface area contributed by atoms with Crippen LogP contribution < -0.4 is 4.74 Å². The number of methoxy groups -OCH3 is 1. The molecule has 0 atom stereocenters. The molecule has 0 bridgehead atoms. The van der Waals surface area contributed by atoms with Gasteiger partial charge in [0.05, 0.1) is 7.11 Å². The molecule has 5 heteroatoms. The molecule has 82 valence electrons. The van der Waals surface area contributed by atoms with Gasteiger partial charge in [-0.25, -0.2) is 0 Å². The van der Waals surface area contributed by atoms with Crippen LogP contribution in [0.15, 0.2) is 21.1 Å². The molecule has 15 heavy (non-hydrogen) atoms. The molecule has 0 aliphatic heterocycles. The van der Waals surface area contributed by atoms with Crippen molar-refractivity contribution >= 4 is 37.8 Å². The minimum Gasteiger partial charge on any atom is -0.497 e. The van der Waals surface area contributed by atoms with E-state index in [1.165, 1.54) is 0 Å². The third kappa shape index (κ3) is 3.50. The number of carboxylic acids is 1. The SMILES string of the molecule is COc1cc(Br)c(CCC(=O)O)c(Br)c1. The smallest absolute Gasteiger partial charge is 0.303 e. The molecule has 1 aromatic carbocycles. The second-order valence-electron chi connectivity index (χ2n) is 2.96. The van der Waals surface area contributed by atoms with Gasteiger partial charge in [0.25, 0.3) is 0 Å². The highest BCUT2D eigenvalue weighted by molar-refractivity contribution is 9.11. The third-order valence-electron chi connectivity index (χ3n) is 1.94. The molecule has 0 saturated heterocycles. The maximum Gasteiger partial charge on any atom is 0.303 e. The Hall–Kier alpha value is -0.550. The normalized spacial score (nSPS) is 10.1. The molecule has 0 spiro atoms. The first-order valence-electron chi connectivity index (χ1n) is 4.28. The van der Waals surface area contributed by atoms with E-state index >= 15 is 0 Å². The topological polar surface area (TPSA) is 46.5 Å². The van der Waals surface area contributed by atoms with Crippen LogP contribution in [-0.4, -0.2) is 18.2 Å². The van der Waals surface area contributed by atoms with E-state index in [-0.39, 0.29) is 6.42 Å². The number of rotatable bonds is 4. The quantitative estimate of drug-likeness (QED) is 0.917. The summed E-state index contributed by atoms with van der Waals surface area (Å²) in [5.41, 5.74) is 0.943. The molecule has 0 amide bonds. The largest absolute Gasteiger partial charge is 0.497 e. The van der Waals surface area contributed by atoms with Crippen molar-refractivity contribution in [2.75, 3.05) is 7.11 Å². The monoisotopic (exact) mass is 336 g/mol. The van der Waals surface area contributed by atoms with Crippen molar-refractivity contribution in [2.24, 2.45) is 0 Å². The van der Waals surface area contributed by atoms with Crippen LogP contribution in [0, 0.1) is 0 Å². The van der Waals surface area contributed by atoms with Crippen LogP contribution in [0.25, 0.3) is 0 Å². The van der Waals surface area contributed by atoms with Gasteiger partial charge in [-0.1, -0.05) is 31.9 Å². The lowest BCUT2D eigenvalue weighted by atomic mass is 10.1. The molecule has 3 nitrogen and oxygen atoms in total. The zero-order chi connectivity index (χ0) is 11.4. The molecule has 1 N–H and O–H groups in total. The summed E-state index contributed by atoms with van der Waals surface area (Å²) >= 11 is 6.77. The first-order valence-corrected chi connectivity index (χ1v) is 5.87. The maximum absolute atomic E-state index is 10.5. The van der Waals surface area contributed by atoms with Crippen LogP contribution in [0.5, 0.6) is 5.75 Å². The number of ether oxygens (including phenoxy) is 1. The maximum atomic E-state index is 10.5. The minimum atomic E-state index is -0.801. The van der Waals surface area contributed by atoms with Gasteiger partial charge < -0.3 is 9.84 Å². The summed E-state index contributed by atoms with van der Waals surface area (Å²) in [6.07, 6.45) is 0.601. The van der Waals surface area contributed by atoms with E-state index in [1.54, 1.807) is 7.11 Å². The van der Waals surface area contributed by atoms with Gasteiger partial charge in [0.2, 0.25) is 0 Å². The van der Waals surface area contributed by atoms with Gasteiger partial charge in [-0.05, 0) is 24.1 Å². The number of halogens is 2. The Morgan fingerprint density at radius 3 is 2.33 bits per heavy atom. The highest BCUT2D eigenvalue weighted by Gasteiger charge is 2.09. The molecule has 1 rings (SSSR count). The van der Waals surface area contributed by atoms with E-state index in [0.29, 0.717) is 6.42 Å². The molecule has 1 aromatic rings. The van der Waals surface area contributed by atoms with Crippen molar-refractivity contribution in [3.63, 3.8) is 0 Å². The molecule has 0 aliphatic rings. The van der Waals surface area contributed by atoms with Gasteiger partial charge in [0, 0.05) is 15.4 Å². The van der Waals surface area contributed by atoms with Gasteiger partial charge in [0.1, 0.15) is 5.75 Å². The Morgan fingerprint density at radius 2 is 1.93 bits per heavy atom. The fourth-order valence-electron chi connectivity index (χ4n) is 1.17. The standard InChI is InChI=1S/C10H10Br2O3/c1-15-6-4-8(11)7(9(12)5-6)2-3-10(13)14/h4-5H,2-3H2,1H3,(H,13,14). The van der Waals surface area contributed by atoms with Crippen LogP contribution in [0.2, 0.25) is 0 Å². The average molecular weight is 338 g/mol. The Balaban J connectivity index is 2.92. The summed E-state index contributed by atoms with van der Waals surface area (Å²) in [6.45, 7) is 0. The number of carbonyl (C=O) groups is 1. The van der Waals surface area contributed by atoms with Crippen LogP contribution in [0.4, 0.5) is 0 Å². The molecule has 0 unspecified atom stereocenters. The number of benzene rings is 1. The number of hydrogen-bond donors (Lipinski definition) is 1. The number of aliphatic carboxylic acids is 1. The van der Waals surface area contributed by atoms with E-state index in [2.05, 4.69) is 31.9 Å². The minimum absolute atomic E-state index is 0.115. The van der Waals surface area contributed by atoms with Gasteiger partial charge in [-0.3, -0.25) is 4.79 Å². The van der Waals surface area contributed by atoms with E-state index in [9.17, 15) is 4.79 Å². The first kappa shape index (κ1) is 12.5. The van der Waals surface area contributed by atoms with Crippen LogP contribution >= 0.6 is 31.9 Å². The molecule has 0 saturated carbocycles. The molecule has 0 aromatic heterocycles. The van der Waals surface area contributed by atoms with E-state index in [0.717, 1.165) is 20.3 Å². The summed E-state index contributed by atoms with van der Waals surface area (Å²) in [7, 11) is 1.59. The zero-order valence-electron chi connectivity index (χ0n) is 8.09. The summed E-state index contributed by atoms with van der Waals surface area (Å²) in [5.74, 6) is -0.0718. The van der Waals surface area contributed by atoms with Gasteiger partial charge >= 0.3 is 5.97 Å². The second kappa shape index (κ2) is 5.51. The summed E-state index contributed by atoms with van der Waals surface area (Å²) in [5, 5.41) is 8.60. The highest BCUT2D eigenvalue weighted by atomic mass is 79.9. The fourth-order valence-corrected chi connectivity index (χ4v) is 2.71. The molecular formula is C10H10Br2O3. The fraction of sp³-hybridized carbons (Fsp3) is 0.300. The Bertz CT molecular complexity index is 354. The molecule has 0 radical (unpaired) electrons. The lowest BCUT2D eigenvalue weighted by molar-refractivity contribution is -0.136. The summed E-state index contributed by atoms with van der Waals surface area (Å²) in [6, 6.07) is 3.64. The van der Waals surface area contributed by atoms with E-state index < -0.39 is 5.97 Å². The van der Waals surface area contributed by atoms with Crippen molar-refractivity contribution in [3.8, 4) is 5.75 Å². The average Bonchev–Trinajstić information content (AvgIpc) is 2.15. The molecule has 0 heterocycles. The Labute approximate surface area is 105 Å². The Morgan fingerprint density at radius 1 is 1.40 bits per heavy atom. The van der Waals surface area contributed by atoms with Gasteiger partial charge in [-0.15, -0.1) is 0 Å². The van der Waals surface area contributed by atoms with E-state index in [4.69, 9.17) is 9.84 Å². The van der Waals surface area contributed by atoms with Crippen LogP contribution in [-0.2, 0) is 11.2 Å². The van der Waals surface area contributed by atoms with E-state index in [1.807, 2.05) is 12.1 Å². The molecule has 0 aliphatic carbocycles. The van der Waals surface area contributed by atoms with Crippen molar-refractivity contribution in [1.29, 1.82) is 0 Å². The summed E-state index contributed by atoms with van der Waals surface area (Å²) < 4.78 is 6.79. The molecular weight excluding hydrogens is 328 g/mol. The Kier molecular flexibility index (Phi) is 4.60. The van der Waals surface area contributed by atoms with Crippen molar-refractivity contribution < 1.29 is 14.6 Å². The number of hydrogen-bond acceptors (Lipinski definition) is 2. The number of carboxylic acid groups (broad SMARTS) is 1.